The van der Waals surface area contributed by atoms with Gasteiger partial charge in [0.1, 0.15) is 0 Å². The number of carboxylic acid groups (broad SMARTS) is 1. The molecule has 0 aliphatic carbocycles. The van der Waals surface area contributed by atoms with E-state index in [1.54, 1.807) is 11.9 Å². The quantitative estimate of drug-likeness (QED) is 0.585. The smallest absolute Gasteiger partial charge is 0.332 e. The molecule has 1 fully saturated rings. The highest BCUT2D eigenvalue weighted by molar-refractivity contribution is 5.74. The van der Waals surface area contributed by atoms with Crippen molar-refractivity contribution >= 4 is 12.0 Å². The molecule has 1 rings (SSSR count). The SMILES string of the molecule is CN(CCN1CCCC1)C(=O)NCCC(O)C(=O)O. The summed E-state index contributed by atoms with van der Waals surface area (Å²) >= 11 is 0. The topological polar surface area (TPSA) is 93.1 Å². The minimum absolute atomic E-state index is 0.0149. The average Bonchev–Trinajstić information content (AvgIpc) is 2.88. The number of hydrogen-bond donors (Lipinski definition) is 3. The van der Waals surface area contributed by atoms with Crippen LogP contribution in [0.2, 0.25) is 0 Å². The van der Waals surface area contributed by atoms with E-state index in [1.165, 1.54) is 12.8 Å². The van der Waals surface area contributed by atoms with Crippen LogP contribution in [0.15, 0.2) is 0 Å². The van der Waals surface area contributed by atoms with E-state index in [-0.39, 0.29) is 19.0 Å². The van der Waals surface area contributed by atoms with Crippen LogP contribution in [0.1, 0.15) is 19.3 Å². The first-order valence-electron chi connectivity index (χ1n) is 6.63. The summed E-state index contributed by atoms with van der Waals surface area (Å²) in [5, 5.41) is 20.1. The summed E-state index contributed by atoms with van der Waals surface area (Å²) in [5.74, 6) is -1.27. The molecule has 0 spiro atoms. The maximum absolute atomic E-state index is 11.7. The molecule has 7 heteroatoms. The Morgan fingerprint density at radius 1 is 1.37 bits per heavy atom. The number of aliphatic hydroxyl groups excluding tert-OH is 1. The van der Waals surface area contributed by atoms with E-state index in [4.69, 9.17) is 10.2 Å². The lowest BCUT2D eigenvalue weighted by Gasteiger charge is -2.22. The number of rotatable bonds is 7. The van der Waals surface area contributed by atoms with Crippen LogP contribution in [0.5, 0.6) is 0 Å². The highest BCUT2D eigenvalue weighted by atomic mass is 16.4. The second kappa shape index (κ2) is 7.96. The van der Waals surface area contributed by atoms with Gasteiger partial charge in [0.2, 0.25) is 0 Å². The number of urea groups is 1. The number of nitrogens with one attached hydrogen (secondary N) is 1. The summed E-state index contributed by atoms with van der Waals surface area (Å²) in [7, 11) is 1.71. The van der Waals surface area contributed by atoms with Gasteiger partial charge in [-0.25, -0.2) is 9.59 Å². The van der Waals surface area contributed by atoms with Crippen molar-refractivity contribution in [3.8, 4) is 0 Å². The maximum atomic E-state index is 11.7. The first-order valence-corrected chi connectivity index (χ1v) is 6.63. The Bertz CT molecular complexity index is 305. The van der Waals surface area contributed by atoms with Gasteiger partial charge in [-0.05, 0) is 25.9 Å². The minimum atomic E-state index is -1.42. The van der Waals surface area contributed by atoms with Crippen molar-refractivity contribution in [3.63, 3.8) is 0 Å². The number of carbonyl (C=O) groups is 2. The standard InChI is InChI=1S/C12H23N3O4/c1-14(8-9-15-6-2-3-7-15)12(19)13-5-4-10(16)11(17)18/h10,16H,2-9H2,1H3,(H,13,19)(H,17,18). The van der Waals surface area contributed by atoms with Crippen LogP contribution in [0, 0.1) is 0 Å². The van der Waals surface area contributed by atoms with Gasteiger partial charge in [0.05, 0.1) is 0 Å². The summed E-state index contributed by atoms with van der Waals surface area (Å²) < 4.78 is 0. The van der Waals surface area contributed by atoms with Crippen molar-refractivity contribution in [3.05, 3.63) is 0 Å². The van der Waals surface area contributed by atoms with E-state index in [1.807, 2.05) is 0 Å². The van der Waals surface area contributed by atoms with Crippen LogP contribution < -0.4 is 5.32 Å². The number of nitrogens with zero attached hydrogens (tertiary/aromatic N) is 2. The highest BCUT2D eigenvalue weighted by Gasteiger charge is 2.15. The van der Waals surface area contributed by atoms with E-state index >= 15 is 0 Å². The number of likely N-dealkylation sites (N-methyl/N-ethyl adjacent to an activating group) is 1. The van der Waals surface area contributed by atoms with Crippen LogP contribution in [-0.4, -0.2) is 77.9 Å². The number of amides is 2. The molecular weight excluding hydrogens is 250 g/mol. The van der Waals surface area contributed by atoms with Gasteiger partial charge in [0.15, 0.2) is 6.10 Å². The van der Waals surface area contributed by atoms with E-state index in [2.05, 4.69) is 10.2 Å². The van der Waals surface area contributed by atoms with Crippen molar-refractivity contribution in [2.24, 2.45) is 0 Å². The Balaban J connectivity index is 2.12. The van der Waals surface area contributed by atoms with Gasteiger partial charge in [-0.2, -0.15) is 0 Å². The molecule has 1 atom stereocenters. The molecule has 1 saturated heterocycles. The molecule has 19 heavy (non-hydrogen) atoms. The third-order valence-corrected chi connectivity index (χ3v) is 3.28. The van der Waals surface area contributed by atoms with E-state index in [0.717, 1.165) is 19.6 Å². The summed E-state index contributed by atoms with van der Waals surface area (Å²) in [6.07, 6.45) is 1.04. The summed E-state index contributed by atoms with van der Waals surface area (Å²) in [5.41, 5.74) is 0. The second-order valence-corrected chi connectivity index (χ2v) is 4.84. The number of carboxylic acids is 1. The van der Waals surface area contributed by atoms with Crippen molar-refractivity contribution < 1.29 is 19.8 Å². The molecule has 0 aromatic heterocycles. The Labute approximate surface area is 113 Å². The predicted octanol–water partition coefficient (Wildman–Crippen LogP) is -0.441. The molecule has 0 bridgehead atoms. The zero-order chi connectivity index (χ0) is 14.3. The monoisotopic (exact) mass is 273 g/mol. The minimum Gasteiger partial charge on any atom is -0.479 e. The molecule has 1 aliphatic rings. The number of aliphatic hydroxyl groups is 1. The highest BCUT2D eigenvalue weighted by Crippen LogP contribution is 2.06. The summed E-state index contributed by atoms with van der Waals surface area (Å²) in [6, 6.07) is -0.239. The van der Waals surface area contributed by atoms with Crippen LogP contribution in [0.4, 0.5) is 4.79 Å². The summed E-state index contributed by atoms with van der Waals surface area (Å²) in [4.78, 5) is 25.9. The third-order valence-electron chi connectivity index (χ3n) is 3.28. The lowest BCUT2D eigenvalue weighted by molar-refractivity contribution is -0.146. The molecule has 7 nitrogen and oxygen atoms in total. The molecule has 0 radical (unpaired) electrons. The normalized spacial score (nSPS) is 17.2. The lowest BCUT2D eigenvalue weighted by Crippen LogP contribution is -2.42. The maximum Gasteiger partial charge on any atom is 0.332 e. The Hall–Kier alpha value is -1.34. The first kappa shape index (κ1) is 15.7. The zero-order valence-electron chi connectivity index (χ0n) is 11.3. The van der Waals surface area contributed by atoms with Crippen LogP contribution in [0.3, 0.4) is 0 Å². The molecule has 110 valence electrons. The van der Waals surface area contributed by atoms with Gasteiger partial charge >= 0.3 is 12.0 Å². The van der Waals surface area contributed by atoms with Gasteiger partial charge in [0.25, 0.3) is 0 Å². The van der Waals surface area contributed by atoms with Gasteiger partial charge in [-0.15, -0.1) is 0 Å². The Kier molecular flexibility index (Phi) is 6.58. The average molecular weight is 273 g/mol. The molecule has 0 aromatic rings. The molecule has 0 aromatic carbocycles. The van der Waals surface area contributed by atoms with E-state index < -0.39 is 12.1 Å². The second-order valence-electron chi connectivity index (χ2n) is 4.84. The fourth-order valence-electron chi connectivity index (χ4n) is 1.97. The first-order chi connectivity index (χ1) is 9.00. The Morgan fingerprint density at radius 2 is 2.00 bits per heavy atom. The van der Waals surface area contributed by atoms with E-state index in [9.17, 15) is 9.59 Å². The fourth-order valence-corrected chi connectivity index (χ4v) is 1.97. The van der Waals surface area contributed by atoms with Gasteiger partial charge in [0, 0.05) is 33.1 Å². The molecule has 2 amide bonds. The van der Waals surface area contributed by atoms with Crippen molar-refractivity contribution in [1.82, 2.24) is 15.1 Å². The van der Waals surface area contributed by atoms with Crippen LogP contribution in [0.25, 0.3) is 0 Å². The molecule has 3 N–H and O–H groups in total. The molecule has 1 aliphatic heterocycles. The Morgan fingerprint density at radius 3 is 2.58 bits per heavy atom. The lowest BCUT2D eigenvalue weighted by atomic mass is 10.2. The number of hydrogen-bond acceptors (Lipinski definition) is 4. The van der Waals surface area contributed by atoms with Crippen LogP contribution in [-0.2, 0) is 4.79 Å². The summed E-state index contributed by atoms with van der Waals surface area (Å²) in [6.45, 7) is 3.86. The molecule has 1 heterocycles. The van der Waals surface area contributed by atoms with Gasteiger partial charge in [-0.1, -0.05) is 0 Å². The third kappa shape index (κ3) is 5.89. The van der Waals surface area contributed by atoms with Crippen LogP contribution >= 0.6 is 0 Å². The number of carbonyl (C=O) groups excluding carboxylic acids is 1. The van der Waals surface area contributed by atoms with Gasteiger partial charge in [-0.3, -0.25) is 0 Å². The van der Waals surface area contributed by atoms with E-state index in [0.29, 0.717) is 6.54 Å². The molecule has 1 unspecified atom stereocenters. The van der Waals surface area contributed by atoms with Crippen molar-refractivity contribution in [1.29, 1.82) is 0 Å². The van der Waals surface area contributed by atoms with Crippen molar-refractivity contribution in [2.45, 2.75) is 25.4 Å². The largest absolute Gasteiger partial charge is 0.479 e. The molecule has 0 saturated carbocycles. The van der Waals surface area contributed by atoms with Crippen molar-refractivity contribution in [2.75, 3.05) is 39.8 Å². The predicted molar refractivity (Wildman–Crippen MR) is 70.0 cm³/mol. The zero-order valence-corrected chi connectivity index (χ0v) is 11.3. The fraction of sp³-hybridized carbons (Fsp3) is 0.833. The number of aliphatic carboxylic acids is 1. The molecular formula is C12H23N3O4. The number of likely N-dealkylation sites (tertiary alicyclic amines) is 1. The van der Waals surface area contributed by atoms with Gasteiger partial charge < -0.3 is 25.3 Å².